The Morgan fingerprint density at radius 2 is 1.48 bits per heavy atom. The molecule has 3 nitrogen and oxygen atoms in total. The summed E-state index contributed by atoms with van der Waals surface area (Å²) in [5.41, 5.74) is -2.03. The Kier molecular flexibility index (Phi) is 6.78. The van der Waals surface area contributed by atoms with Crippen LogP contribution >= 0.6 is 12.2 Å². The van der Waals surface area contributed by atoms with E-state index in [9.17, 15) is 26.3 Å². The maximum absolute atomic E-state index is 13.1. The van der Waals surface area contributed by atoms with Crippen molar-refractivity contribution in [3.05, 3.63) is 41.1 Å². The number of nitrogens with zero attached hydrogens (tertiary/aromatic N) is 1. The molecule has 0 bridgehead atoms. The summed E-state index contributed by atoms with van der Waals surface area (Å²) < 4.78 is 78.5. The first-order valence-corrected chi connectivity index (χ1v) is 10.6. The maximum atomic E-state index is 13.1. The van der Waals surface area contributed by atoms with Crippen LogP contribution in [0.25, 0.3) is 0 Å². The van der Waals surface area contributed by atoms with Gasteiger partial charge in [0.2, 0.25) is 0 Å². The summed E-state index contributed by atoms with van der Waals surface area (Å²) in [5, 5.41) is 5.61. The minimum Gasteiger partial charge on any atom is -0.368 e. The molecule has 2 N–H and O–H groups in total. The molecule has 3 atom stereocenters. The molecule has 1 heterocycles. The van der Waals surface area contributed by atoms with E-state index < -0.39 is 23.5 Å². The van der Waals surface area contributed by atoms with Gasteiger partial charge in [-0.05, 0) is 76.4 Å². The Labute approximate surface area is 182 Å². The molecule has 10 heteroatoms. The van der Waals surface area contributed by atoms with Gasteiger partial charge in [0.1, 0.15) is 0 Å². The first-order valence-electron chi connectivity index (χ1n) is 10.2. The van der Waals surface area contributed by atoms with E-state index in [1.165, 1.54) is 0 Å². The van der Waals surface area contributed by atoms with E-state index in [0.717, 1.165) is 37.8 Å². The third-order valence-electron chi connectivity index (χ3n) is 5.81. The molecule has 1 saturated heterocycles. The van der Waals surface area contributed by atoms with E-state index in [-0.39, 0.29) is 22.9 Å². The number of anilines is 1. The molecule has 0 aromatic heterocycles. The van der Waals surface area contributed by atoms with Gasteiger partial charge in [0.15, 0.2) is 5.11 Å². The smallest absolute Gasteiger partial charge is 0.368 e. The number of allylic oxidation sites excluding steroid dienone is 1. The topological polar surface area (TPSA) is 27.3 Å². The molecule has 1 fully saturated rings. The Morgan fingerprint density at radius 1 is 0.935 bits per heavy atom. The summed E-state index contributed by atoms with van der Waals surface area (Å²) in [6, 6.07) is 1.94. The van der Waals surface area contributed by atoms with Crippen molar-refractivity contribution in [3.63, 3.8) is 0 Å². The normalized spacial score (nSPS) is 24.7. The second-order valence-corrected chi connectivity index (χ2v) is 8.60. The van der Waals surface area contributed by atoms with Crippen LogP contribution in [0.1, 0.15) is 57.1 Å². The average molecular weight is 466 g/mol. The first kappa shape index (κ1) is 23.7. The monoisotopic (exact) mass is 465 g/mol. The third kappa shape index (κ3) is 5.64. The predicted molar refractivity (Wildman–Crippen MR) is 112 cm³/mol. The highest BCUT2D eigenvalue weighted by Gasteiger charge is 2.37. The van der Waals surface area contributed by atoms with Crippen molar-refractivity contribution in [1.82, 2.24) is 10.2 Å². The van der Waals surface area contributed by atoms with E-state index in [1.54, 1.807) is 0 Å². The van der Waals surface area contributed by atoms with Crippen LogP contribution in [-0.2, 0) is 12.4 Å². The molecule has 0 amide bonds. The van der Waals surface area contributed by atoms with Crippen molar-refractivity contribution >= 4 is 23.0 Å². The highest BCUT2D eigenvalue weighted by molar-refractivity contribution is 7.80. The van der Waals surface area contributed by atoms with Gasteiger partial charge < -0.3 is 15.5 Å². The Hall–Kier alpha value is -1.97. The lowest BCUT2D eigenvalue weighted by atomic mass is 9.97. The zero-order valence-corrected chi connectivity index (χ0v) is 18.0. The number of likely N-dealkylation sites (tertiary alicyclic amines) is 1. The van der Waals surface area contributed by atoms with Gasteiger partial charge >= 0.3 is 12.4 Å². The Morgan fingerprint density at radius 3 is 2.00 bits per heavy atom. The summed E-state index contributed by atoms with van der Waals surface area (Å²) in [7, 11) is 0. The molecule has 1 aromatic rings. The van der Waals surface area contributed by atoms with Gasteiger partial charge in [0.05, 0.1) is 17.2 Å². The largest absolute Gasteiger partial charge is 0.416 e. The minimum absolute atomic E-state index is 0.00949. The summed E-state index contributed by atoms with van der Waals surface area (Å²) in [6.07, 6.45) is -2.92. The van der Waals surface area contributed by atoms with Gasteiger partial charge in [-0.25, -0.2) is 0 Å². The lowest BCUT2D eigenvalue weighted by Gasteiger charge is -2.38. The van der Waals surface area contributed by atoms with Crippen LogP contribution in [0.4, 0.5) is 32.0 Å². The first-order chi connectivity index (χ1) is 14.4. The minimum atomic E-state index is -4.91. The van der Waals surface area contributed by atoms with E-state index in [2.05, 4.69) is 35.5 Å². The molecule has 1 aliphatic heterocycles. The molecule has 1 aliphatic carbocycles. The van der Waals surface area contributed by atoms with Gasteiger partial charge in [-0.2, -0.15) is 26.3 Å². The molecule has 0 saturated carbocycles. The second kappa shape index (κ2) is 8.88. The van der Waals surface area contributed by atoms with Crippen molar-refractivity contribution in [2.24, 2.45) is 0 Å². The summed E-state index contributed by atoms with van der Waals surface area (Å²) in [6.45, 7) is 4.29. The lowest BCUT2D eigenvalue weighted by molar-refractivity contribution is -0.143. The fourth-order valence-electron chi connectivity index (χ4n) is 4.35. The number of rotatable bonds is 3. The number of benzene rings is 1. The molecule has 3 rings (SSSR count). The number of nitrogens with one attached hydrogen (secondary N) is 2. The van der Waals surface area contributed by atoms with Gasteiger partial charge in [-0.3, -0.25) is 0 Å². The number of hydrogen-bond acceptors (Lipinski definition) is 2. The fraction of sp³-hybridized carbons (Fsp3) is 0.571. The molecular weight excluding hydrogens is 440 g/mol. The average Bonchev–Trinajstić information content (AvgIpc) is 2.99. The molecule has 31 heavy (non-hydrogen) atoms. The second-order valence-electron chi connectivity index (χ2n) is 8.19. The summed E-state index contributed by atoms with van der Waals surface area (Å²) in [5.74, 6) is 0. The number of alkyl halides is 6. The molecule has 172 valence electrons. The molecular formula is C21H25F6N3S. The van der Waals surface area contributed by atoms with Crippen LogP contribution in [-0.4, -0.2) is 28.1 Å². The van der Waals surface area contributed by atoms with E-state index in [1.807, 2.05) is 0 Å². The van der Waals surface area contributed by atoms with Crippen LogP contribution in [0.5, 0.6) is 0 Å². The zero-order chi connectivity index (χ0) is 23.0. The van der Waals surface area contributed by atoms with Gasteiger partial charge in [-0.1, -0.05) is 6.08 Å². The van der Waals surface area contributed by atoms with Gasteiger partial charge in [0.25, 0.3) is 0 Å². The van der Waals surface area contributed by atoms with Crippen LogP contribution in [0, 0.1) is 0 Å². The predicted octanol–water partition coefficient (Wildman–Crippen LogP) is 6.32. The number of halogens is 6. The summed E-state index contributed by atoms with van der Waals surface area (Å²) in [4.78, 5) is 2.34. The molecule has 2 unspecified atom stereocenters. The van der Waals surface area contributed by atoms with E-state index in [4.69, 9.17) is 12.2 Å². The number of hydrogen-bond donors (Lipinski definition) is 2. The van der Waals surface area contributed by atoms with Crippen molar-refractivity contribution in [2.45, 2.75) is 76.4 Å². The zero-order valence-electron chi connectivity index (χ0n) is 17.2. The fourth-order valence-corrected chi connectivity index (χ4v) is 4.61. The summed E-state index contributed by atoms with van der Waals surface area (Å²) >= 11 is 5.25. The number of thiocarbonyl (C=S) groups is 1. The van der Waals surface area contributed by atoms with E-state index in [0.29, 0.717) is 24.2 Å². The Balaban J connectivity index is 1.78. The standard InChI is InChI=1S/C21H25F6N3S/c1-12-7-8-13(2)30(12)18-6-4-3-5-17(18)29-19(31)28-16-10-14(20(22,23)24)9-15(11-16)21(25,26)27/h6,9-13,17H,3-5,7-8H2,1-2H3,(H2,28,29,31)/t12?,13?,17-/m1/s1. The SMILES string of the molecule is CC1CCC(C)N1C1=CCCC[C@H]1NC(=S)Nc1cc(C(F)(F)F)cc(C(F)(F)F)c1. The van der Waals surface area contributed by atoms with Gasteiger partial charge in [0, 0.05) is 23.5 Å². The molecule has 1 aromatic carbocycles. The lowest BCUT2D eigenvalue weighted by Crippen LogP contribution is -2.47. The molecule has 0 spiro atoms. The van der Waals surface area contributed by atoms with Crippen molar-refractivity contribution < 1.29 is 26.3 Å². The van der Waals surface area contributed by atoms with Crippen molar-refractivity contribution in [3.8, 4) is 0 Å². The van der Waals surface area contributed by atoms with Crippen LogP contribution in [0.2, 0.25) is 0 Å². The van der Waals surface area contributed by atoms with E-state index >= 15 is 0 Å². The highest BCUT2D eigenvalue weighted by Crippen LogP contribution is 2.38. The van der Waals surface area contributed by atoms with Crippen LogP contribution in [0.15, 0.2) is 30.0 Å². The van der Waals surface area contributed by atoms with Crippen LogP contribution < -0.4 is 10.6 Å². The molecule has 2 aliphatic rings. The van der Waals surface area contributed by atoms with Crippen LogP contribution in [0.3, 0.4) is 0 Å². The third-order valence-corrected chi connectivity index (χ3v) is 6.03. The maximum Gasteiger partial charge on any atom is 0.416 e. The van der Waals surface area contributed by atoms with Crippen molar-refractivity contribution in [2.75, 3.05) is 5.32 Å². The highest BCUT2D eigenvalue weighted by atomic mass is 32.1. The van der Waals surface area contributed by atoms with Crippen molar-refractivity contribution in [1.29, 1.82) is 0 Å². The Bertz CT molecular complexity index is 806. The quantitative estimate of drug-likeness (QED) is 0.404. The van der Waals surface area contributed by atoms with Gasteiger partial charge in [-0.15, -0.1) is 0 Å². The molecule has 0 radical (unpaired) electrons.